The van der Waals surface area contributed by atoms with Crippen LogP contribution in [0, 0.1) is 0 Å². The molecule has 76 valence electrons. The zero-order chi connectivity index (χ0) is 10.3. The maximum absolute atomic E-state index is 11.4. The molecule has 0 rings (SSSR count). The zero-order valence-corrected chi connectivity index (χ0v) is 7.60. The molecule has 0 aliphatic heterocycles. The lowest BCUT2D eigenvalue weighted by molar-refractivity contribution is -0.118. The van der Waals surface area contributed by atoms with E-state index in [9.17, 15) is 13.2 Å². The van der Waals surface area contributed by atoms with E-state index < -0.39 is 6.30 Å². The number of aliphatic imine (C=N–C) groups is 2. The van der Waals surface area contributed by atoms with Crippen LogP contribution >= 0.6 is 0 Å². The average Bonchev–Trinajstić information content (AvgIpc) is 1.93. The minimum Gasteiger partial charge on any atom is -0.309 e. The minimum atomic E-state index is -4.55. The fourth-order valence-corrected chi connectivity index (χ4v) is 0.608. The SMILES string of the molecule is CN(C)CCCN=C=NC(F)(F)F. The van der Waals surface area contributed by atoms with E-state index in [1.165, 1.54) is 0 Å². The lowest BCUT2D eigenvalue weighted by atomic mass is 10.4. The van der Waals surface area contributed by atoms with Crippen molar-refractivity contribution in [3.8, 4) is 0 Å². The highest BCUT2D eigenvalue weighted by atomic mass is 19.4. The lowest BCUT2D eigenvalue weighted by Crippen LogP contribution is -2.13. The minimum absolute atomic E-state index is 0.317. The van der Waals surface area contributed by atoms with Crippen LogP contribution in [-0.4, -0.2) is 44.4 Å². The Hall–Kier alpha value is -0.870. The molecule has 0 radical (unpaired) electrons. The summed E-state index contributed by atoms with van der Waals surface area (Å²) >= 11 is 0. The standard InChI is InChI=1S/C7H12F3N3/c1-13(2)5-3-4-11-6-12-7(8,9)10/h3-5H2,1-2H3. The van der Waals surface area contributed by atoms with Crippen LogP contribution in [0.5, 0.6) is 0 Å². The first-order valence-electron chi connectivity index (χ1n) is 3.76. The number of rotatable bonds is 4. The molecule has 0 saturated carbocycles. The van der Waals surface area contributed by atoms with Crippen molar-refractivity contribution in [3.63, 3.8) is 0 Å². The second kappa shape index (κ2) is 5.72. The van der Waals surface area contributed by atoms with Gasteiger partial charge < -0.3 is 4.90 Å². The summed E-state index contributed by atoms with van der Waals surface area (Å²) in [4.78, 5) is 7.44. The number of alkyl halides is 3. The molecule has 13 heavy (non-hydrogen) atoms. The van der Waals surface area contributed by atoms with E-state index >= 15 is 0 Å². The first kappa shape index (κ1) is 12.1. The summed E-state index contributed by atoms with van der Waals surface area (Å²) in [6, 6.07) is 1.61. The highest BCUT2D eigenvalue weighted by molar-refractivity contribution is 5.41. The molecule has 0 atom stereocenters. The van der Waals surface area contributed by atoms with Gasteiger partial charge in [0.05, 0.1) is 12.6 Å². The predicted octanol–water partition coefficient (Wildman–Crippen LogP) is 1.63. The van der Waals surface area contributed by atoms with Crippen molar-refractivity contribution in [2.24, 2.45) is 9.98 Å². The van der Waals surface area contributed by atoms with Crippen LogP contribution in [0.3, 0.4) is 0 Å². The van der Waals surface area contributed by atoms with Gasteiger partial charge >= 0.3 is 6.30 Å². The highest BCUT2D eigenvalue weighted by Gasteiger charge is 2.25. The van der Waals surface area contributed by atoms with E-state index in [1.54, 1.807) is 6.01 Å². The molecule has 6 heteroatoms. The molecule has 0 aromatic carbocycles. The summed E-state index contributed by atoms with van der Waals surface area (Å²) in [5.74, 6) is 0. The summed E-state index contributed by atoms with van der Waals surface area (Å²) in [5, 5.41) is 0. The third-order valence-electron chi connectivity index (χ3n) is 1.12. The van der Waals surface area contributed by atoms with Crippen LogP contribution in [-0.2, 0) is 0 Å². The maximum atomic E-state index is 11.4. The summed E-state index contributed by atoms with van der Waals surface area (Å²) in [6.45, 7) is 1.11. The number of hydrogen-bond acceptors (Lipinski definition) is 3. The van der Waals surface area contributed by atoms with E-state index in [0.717, 1.165) is 6.54 Å². The van der Waals surface area contributed by atoms with Crippen LogP contribution in [0.25, 0.3) is 0 Å². The topological polar surface area (TPSA) is 28.0 Å². The Kier molecular flexibility index (Phi) is 5.34. The smallest absolute Gasteiger partial charge is 0.309 e. The summed E-state index contributed by atoms with van der Waals surface area (Å²) < 4.78 is 34.2. The third-order valence-corrected chi connectivity index (χ3v) is 1.12. The monoisotopic (exact) mass is 195 g/mol. The van der Waals surface area contributed by atoms with Gasteiger partial charge in [-0.1, -0.05) is 0 Å². The molecule has 0 bridgehead atoms. The summed E-state index contributed by atoms with van der Waals surface area (Å²) in [5.41, 5.74) is 0. The molecule has 0 aliphatic rings. The average molecular weight is 195 g/mol. The third kappa shape index (κ3) is 11.1. The Bertz CT molecular complexity index is 192. The molecular formula is C7H12F3N3. The van der Waals surface area contributed by atoms with Crippen LogP contribution in [0.2, 0.25) is 0 Å². The first-order chi connectivity index (χ1) is 5.92. The van der Waals surface area contributed by atoms with E-state index in [2.05, 4.69) is 9.98 Å². The van der Waals surface area contributed by atoms with Gasteiger partial charge in [-0.3, -0.25) is 0 Å². The number of hydrogen-bond donors (Lipinski definition) is 0. The van der Waals surface area contributed by atoms with Crippen LogP contribution < -0.4 is 0 Å². The van der Waals surface area contributed by atoms with Crippen LogP contribution in [0.15, 0.2) is 9.98 Å². The second-order valence-corrected chi connectivity index (χ2v) is 2.72. The molecule has 0 unspecified atom stereocenters. The molecule has 0 aliphatic carbocycles. The Labute approximate surface area is 75.0 Å². The Morgan fingerprint density at radius 2 is 1.92 bits per heavy atom. The normalized spacial score (nSPS) is 11.2. The van der Waals surface area contributed by atoms with Crippen LogP contribution in [0.1, 0.15) is 6.42 Å². The molecule has 0 spiro atoms. The largest absolute Gasteiger partial charge is 0.512 e. The molecule has 0 N–H and O–H groups in total. The first-order valence-corrected chi connectivity index (χ1v) is 3.76. The van der Waals surface area contributed by atoms with E-state index in [0.29, 0.717) is 13.0 Å². The molecular weight excluding hydrogens is 183 g/mol. The van der Waals surface area contributed by atoms with Crippen molar-refractivity contribution in [2.45, 2.75) is 12.7 Å². The van der Waals surface area contributed by atoms with Crippen molar-refractivity contribution < 1.29 is 13.2 Å². The fraction of sp³-hybridized carbons (Fsp3) is 0.857. The van der Waals surface area contributed by atoms with Crippen molar-refractivity contribution in [1.29, 1.82) is 0 Å². The zero-order valence-electron chi connectivity index (χ0n) is 7.60. The van der Waals surface area contributed by atoms with E-state index in [1.807, 2.05) is 19.0 Å². The van der Waals surface area contributed by atoms with E-state index in [-0.39, 0.29) is 0 Å². The van der Waals surface area contributed by atoms with Gasteiger partial charge in [-0.15, -0.1) is 18.2 Å². The lowest BCUT2D eigenvalue weighted by Gasteiger charge is -2.05. The van der Waals surface area contributed by atoms with Gasteiger partial charge in [-0.05, 0) is 27.1 Å². The van der Waals surface area contributed by atoms with Crippen molar-refractivity contribution in [3.05, 3.63) is 0 Å². The second-order valence-electron chi connectivity index (χ2n) is 2.72. The fourth-order valence-electron chi connectivity index (χ4n) is 0.608. The Morgan fingerprint density at radius 1 is 1.31 bits per heavy atom. The van der Waals surface area contributed by atoms with Gasteiger partial charge in [0, 0.05) is 0 Å². The molecule has 0 aromatic rings. The maximum Gasteiger partial charge on any atom is 0.512 e. The molecule has 0 fully saturated rings. The van der Waals surface area contributed by atoms with E-state index in [4.69, 9.17) is 0 Å². The predicted molar refractivity (Wildman–Crippen MR) is 44.0 cm³/mol. The highest BCUT2D eigenvalue weighted by Crippen LogP contribution is 2.14. The van der Waals surface area contributed by atoms with Gasteiger partial charge in [-0.25, -0.2) is 4.99 Å². The molecule has 0 heterocycles. The Morgan fingerprint density at radius 3 is 2.38 bits per heavy atom. The van der Waals surface area contributed by atoms with Gasteiger partial charge in [0.15, 0.2) is 0 Å². The van der Waals surface area contributed by atoms with Gasteiger partial charge in [0.25, 0.3) is 0 Å². The van der Waals surface area contributed by atoms with Crippen LogP contribution in [0.4, 0.5) is 13.2 Å². The molecule has 3 nitrogen and oxygen atoms in total. The van der Waals surface area contributed by atoms with Gasteiger partial charge in [0.1, 0.15) is 0 Å². The summed E-state index contributed by atoms with van der Waals surface area (Å²) in [6.07, 6.45) is -3.85. The van der Waals surface area contributed by atoms with Gasteiger partial charge in [0.2, 0.25) is 0 Å². The van der Waals surface area contributed by atoms with Crippen molar-refractivity contribution in [2.75, 3.05) is 27.2 Å². The van der Waals surface area contributed by atoms with Gasteiger partial charge in [-0.2, -0.15) is 0 Å². The molecule has 0 amide bonds. The quantitative estimate of drug-likeness (QED) is 0.380. The Balaban J connectivity index is 3.58. The van der Waals surface area contributed by atoms with Crippen molar-refractivity contribution >= 4 is 6.01 Å². The number of nitrogens with zero attached hydrogens (tertiary/aromatic N) is 3. The molecule has 0 saturated heterocycles. The molecule has 0 aromatic heterocycles. The van der Waals surface area contributed by atoms with Crippen molar-refractivity contribution in [1.82, 2.24) is 4.90 Å². The number of halogens is 3. The summed E-state index contributed by atoms with van der Waals surface area (Å²) in [7, 11) is 3.76.